The third kappa shape index (κ3) is 3.62. The highest BCUT2D eigenvalue weighted by atomic mass is 35.5. The molecule has 7 nitrogen and oxygen atoms in total. The number of hydrogen-bond donors (Lipinski definition) is 0. The second-order valence-corrected chi connectivity index (χ2v) is 5.40. The summed E-state index contributed by atoms with van der Waals surface area (Å²) in [6.45, 7) is 0.439. The first kappa shape index (κ1) is 16.0. The van der Waals surface area contributed by atoms with Crippen molar-refractivity contribution in [2.75, 3.05) is 30.9 Å². The molecule has 2 rings (SSSR count). The van der Waals surface area contributed by atoms with Crippen LogP contribution in [0.2, 0.25) is 5.15 Å². The normalized spacial score (nSPS) is 10.4. The molecule has 0 aliphatic heterocycles. The van der Waals surface area contributed by atoms with Crippen LogP contribution in [0.15, 0.2) is 30.5 Å². The minimum atomic E-state index is -0.432. The van der Waals surface area contributed by atoms with Gasteiger partial charge in [-0.05, 0) is 17.7 Å². The minimum absolute atomic E-state index is 0.0324. The van der Waals surface area contributed by atoms with E-state index in [2.05, 4.69) is 9.97 Å². The van der Waals surface area contributed by atoms with Gasteiger partial charge in [-0.1, -0.05) is 17.7 Å². The number of nitrogens with zero attached hydrogens (tertiary/aromatic N) is 5. The van der Waals surface area contributed by atoms with Gasteiger partial charge < -0.3 is 9.80 Å². The van der Waals surface area contributed by atoms with Crippen molar-refractivity contribution < 1.29 is 4.92 Å². The Morgan fingerprint density at radius 1 is 1.23 bits per heavy atom. The average molecular weight is 322 g/mol. The molecule has 0 saturated carbocycles. The molecule has 2 aromatic heterocycles. The van der Waals surface area contributed by atoms with Gasteiger partial charge in [0.05, 0.1) is 4.92 Å². The third-order valence-electron chi connectivity index (χ3n) is 3.06. The molecule has 2 heterocycles. The largest absolute Gasteiger partial charge is 0.363 e. The lowest BCUT2D eigenvalue weighted by atomic mass is 10.2. The van der Waals surface area contributed by atoms with Gasteiger partial charge in [-0.25, -0.2) is 9.97 Å². The number of anilines is 2. The predicted octanol–water partition coefficient (Wildman–Crippen LogP) is 2.74. The van der Waals surface area contributed by atoms with Gasteiger partial charge in [-0.15, -0.1) is 0 Å². The SMILES string of the molecule is CN(C)c1ccc([N+](=O)[O-])c(N(C)Cc2ccc(Cl)nc2)n1. The molecule has 0 spiro atoms. The fraction of sp³-hybridized carbons (Fsp3) is 0.286. The highest BCUT2D eigenvalue weighted by Gasteiger charge is 2.20. The zero-order chi connectivity index (χ0) is 16.3. The van der Waals surface area contributed by atoms with Crippen LogP contribution in [0.25, 0.3) is 0 Å². The second kappa shape index (κ2) is 6.57. The van der Waals surface area contributed by atoms with Crippen LogP contribution >= 0.6 is 11.6 Å². The van der Waals surface area contributed by atoms with Crippen molar-refractivity contribution >= 4 is 28.9 Å². The van der Waals surface area contributed by atoms with E-state index in [-0.39, 0.29) is 5.69 Å². The van der Waals surface area contributed by atoms with Gasteiger partial charge in [0.15, 0.2) is 0 Å². The zero-order valence-electron chi connectivity index (χ0n) is 12.5. The quantitative estimate of drug-likeness (QED) is 0.479. The van der Waals surface area contributed by atoms with E-state index in [1.165, 1.54) is 6.07 Å². The molecular formula is C14H16ClN5O2. The Morgan fingerprint density at radius 3 is 2.50 bits per heavy atom. The maximum atomic E-state index is 11.2. The van der Waals surface area contributed by atoms with Crippen LogP contribution in [-0.4, -0.2) is 36.0 Å². The molecule has 0 aromatic carbocycles. The lowest BCUT2D eigenvalue weighted by Gasteiger charge is -2.20. The maximum Gasteiger partial charge on any atom is 0.311 e. The average Bonchev–Trinajstić information content (AvgIpc) is 2.48. The standard InChI is InChI=1S/C14H16ClN5O2/c1-18(2)13-7-5-11(20(21)22)14(17-13)19(3)9-10-4-6-12(15)16-8-10/h4-8H,9H2,1-3H3. The summed E-state index contributed by atoms with van der Waals surface area (Å²) >= 11 is 5.76. The van der Waals surface area contributed by atoms with E-state index in [9.17, 15) is 10.1 Å². The van der Waals surface area contributed by atoms with Gasteiger partial charge in [0.25, 0.3) is 0 Å². The summed E-state index contributed by atoms with van der Waals surface area (Å²) in [7, 11) is 5.42. The van der Waals surface area contributed by atoms with Gasteiger partial charge in [-0.3, -0.25) is 10.1 Å². The molecule has 0 atom stereocenters. The summed E-state index contributed by atoms with van der Waals surface area (Å²) < 4.78 is 0. The van der Waals surface area contributed by atoms with Gasteiger partial charge >= 0.3 is 5.69 Å². The van der Waals surface area contributed by atoms with Gasteiger partial charge in [-0.2, -0.15) is 0 Å². The number of rotatable bonds is 5. The fourth-order valence-corrected chi connectivity index (χ4v) is 2.06. The van der Waals surface area contributed by atoms with Gasteiger partial charge in [0.2, 0.25) is 5.82 Å². The van der Waals surface area contributed by atoms with Crippen molar-refractivity contribution in [3.8, 4) is 0 Å². The van der Waals surface area contributed by atoms with Gasteiger partial charge in [0.1, 0.15) is 11.0 Å². The highest BCUT2D eigenvalue weighted by Crippen LogP contribution is 2.28. The summed E-state index contributed by atoms with van der Waals surface area (Å²) in [5, 5.41) is 11.6. The van der Waals surface area contributed by atoms with Crippen LogP contribution < -0.4 is 9.80 Å². The van der Waals surface area contributed by atoms with Crippen LogP contribution in [-0.2, 0) is 6.54 Å². The summed E-state index contributed by atoms with van der Waals surface area (Å²) in [6.07, 6.45) is 1.64. The first-order valence-electron chi connectivity index (χ1n) is 6.53. The van der Waals surface area contributed by atoms with Crippen LogP contribution in [0.3, 0.4) is 0 Å². The van der Waals surface area contributed by atoms with Crippen LogP contribution in [0.4, 0.5) is 17.3 Å². The zero-order valence-corrected chi connectivity index (χ0v) is 13.3. The third-order valence-corrected chi connectivity index (χ3v) is 3.29. The van der Waals surface area contributed by atoms with Crippen molar-refractivity contribution in [2.45, 2.75) is 6.54 Å². The first-order chi connectivity index (χ1) is 10.4. The van der Waals surface area contributed by atoms with Crippen molar-refractivity contribution in [3.63, 3.8) is 0 Å². The number of pyridine rings is 2. The van der Waals surface area contributed by atoms with E-state index >= 15 is 0 Å². The molecule has 2 aromatic rings. The molecule has 22 heavy (non-hydrogen) atoms. The molecule has 116 valence electrons. The maximum absolute atomic E-state index is 11.2. The van der Waals surface area contributed by atoms with Crippen molar-refractivity contribution in [1.29, 1.82) is 0 Å². The Balaban J connectivity index is 2.33. The van der Waals surface area contributed by atoms with Crippen LogP contribution in [0.1, 0.15) is 5.56 Å². The molecule has 0 aliphatic carbocycles. The molecule has 0 radical (unpaired) electrons. The fourth-order valence-electron chi connectivity index (χ4n) is 1.95. The molecule has 0 amide bonds. The summed E-state index contributed by atoms with van der Waals surface area (Å²) in [5.41, 5.74) is 0.855. The van der Waals surface area contributed by atoms with Crippen LogP contribution in [0, 0.1) is 10.1 Å². The number of aromatic nitrogens is 2. The van der Waals surface area contributed by atoms with Crippen molar-refractivity contribution in [1.82, 2.24) is 9.97 Å². The second-order valence-electron chi connectivity index (χ2n) is 5.01. The van der Waals surface area contributed by atoms with E-state index in [1.54, 1.807) is 35.2 Å². The number of nitro groups is 1. The van der Waals surface area contributed by atoms with E-state index < -0.39 is 4.92 Å². The highest BCUT2D eigenvalue weighted by molar-refractivity contribution is 6.29. The summed E-state index contributed by atoms with van der Waals surface area (Å²) in [4.78, 5) is 22.7. The van der Waals surface area contributed by atoms with E-state index in [4.69, 9.17) is 11.6 Å². The van der Waals surface area contributed by atoms with Crippen LogP contribution in [0.5, 0.6) is 0 Å². The monoisotopic (exact) mass is 321 g/mol. The van der Waals surface area contributed by atoms with Crippen molar-refractivity contribution in [2.24, 2.45) is 0 Å². The molecule has 0 bridgehead atoms. The number of halogens is 1. The molecule has 0 fully saturated rings. The molecular weight excluding hydrogens is 306 g/mol. The van der Waals surface area contributed by atoms with E-state index in [0.29, 0.717) is 23.3 Å². The Bertz CT molecular complexity index is 675. The van der Waals surface area contributed by atoms with Gasteiger partial charge in [0, 0.05) is 40.0 Å². The lowest BCUT2D eigenvalue weighted by molar-refractivity contribution is -0.384. The number of hydrogen-bond acceptors (Lipinski definition) is 6. The summed E-state index contributed by atoms with van der Waals surface area (Å²) in [5.74, 6) is 0.966. The molecule has 8 heteroatoms. The molecule has 0 unspecified atom stereocenters. The Kier molecular flexibility index (Phi) is 4.77. The van der Waals surface area contributed by atoms with E-state index in [0.717, 1.165) is 5.56 Å². The minimum Gasteiger partial charge on any atom is -0.363 e. The Morgan fingerprint density at radius 2 is 1.95 bits per heavy atom. The lowest BCUT2D eigenvalue weighted by Crippen LogP contribution is -2.21. The molecule has 0 aliphatic rings. The van der Waals surface area contributed by atoms with Crippen molar-refractivity contribution in [3.05, 3.63) is 51.3 Å². The smallest absolute Gasteiger partial charge is 0.311 e. The first-order valence-corrected chi connectivity index (χ1v) is 6.90. The predicted molar refractivity (Wildman–Crippen MR) is 86.6 cm³/mol. The molecule has 0 N–H and O–H groups in total. The Hall–Kier alpha value is -2.41. The van der Waals surface area contributed by atoms with E-state index in [1.807, 2.05) is 20.2 Å². The summed E-state index contributed by atoms with van der Waals surface area (Å²) in [6, 6.07) is 6.60. The Labute approximate surface area is 133 Å². The topological polar surface area (TPSA) is 75.4 Å². The molecule has 0 saturated heterocycles.